The fraction of sp³-hybridized carbons (Fsp3) is 0.0909. The molecule has 2 aromatic carbocycles. The van der Waals surface area contributed by atoms with Gasteiger partial charge in [-0.1, -0.05) is 24.3 Å². The normalized spacial score (nSPS) is 15.3. The highest BCUT2D eigenvalue weighted by Gasteiger charge is 2.36. The predicted molar refractivity (Wildman–Crippen MR) is 117 cm³/mol. The molecule has 0 atom stereocenters. The Hall–Kier alpha value is -3.65. The summed E-state index contributed by atoms with van der Waals surface area (Å²) in [5, 5.41) is 10.8. The van der Waals surface area contributed by atoms with E-state index in [1.165, 1.54) is 12.1 Å². The van der Waals surface area contributed by atoms with Gasteiger partial charge in [0, 0.05) is 23.5 Å². The summed E-state index contributed by atoms with van der Waals surface area (Å²) in [5.74, 6) is -0.364. The SMILES string of the molecule is Cc1cc(/C=C2\SC(=O)N(c3ccccc3)C2=O)c(C)n1-c1cccc([N+](=O)[O-])c1. The quantitative estimate of drug-likeness (QED) is 0.328. The van der Waals surface area contributed by atoms with Gasteiger partial charge in [-0.3, -0.25) is 19.7 Å². The summed E-state index contributed by atoms with van der Waals surface area (Å²) in [5.41, 5.74) is 3.66. The summed E-state index contributed by atoms with van der Waals surface area (Å²) < 4.78 is 1.89. The number of nitrogens with zero attached hydrogens (tertiary/aromatic N) is 3. The highest BCUT2D eigenvalue weighted by atomic mass is 32.2. The van der Waals surface area contributed by atoms with E-state index in [9.17, 15) is 19.7 Å². The van der Waals surface area contributed by atoms with E-state index >= 15 is 0 Å². The van der Waals surface area contributed by atoms with Crippen molar-refractivity contribution in [1.29, 1.82) is 0 Å². The molecule has 0 aliphatic carbocycles. The average molecular weight is 419 g/mol. The lowest BCUT2D eigenvalue weighted by Gasteiger charge is -2.11. The Morgan fingerprint density at radius 1 is 0.967 bits per heavy atom. The van der Waals surface area contributed by atoms with Gasteiger partial charge in [0.2, 0.25) is 0 Å². The number of imide groups is 1. The van der Waals surface area contributed by atoms with Gasteiger partial charge >= 0.3 is 0 Å². The number of anilines is 1. The van der Waals surface area contributed by atoms with E-state index in [4.69, 9.17) is 0 Å². The van der Waals surface area contributed by atoms with Crippen molar-refractivity contribution in [3.8, 4) is 5.69 Å². The lowest BCUT2D eigenvalue weighted by atomic mass is 10.2. The zero-order valence-electron chi connectivity index (χ0n) is 16.2. The minimum Gasteiger partial charge on any atom is -0.318 e. The van der Waals surface area contributed by atoms with E-state index in [1.54, 1.807) is 42.5 Å². The second kappa shape index (κ2) is 7.64. The molecule has 2 amide bonds. The number of non-ortho nitro benzene ring substituents is 1. The Labute approximate surface area is 176 Å². The molecule has 7 nitrogen and oxygen atoms in total. The summed E-state index contributed by atoms with van der Waals surface area (Å²) in [4.78, 5) is 37.5. The average Bonchev–Trinajstić information content (AvgIpc) is 3.17. The molecule has 3 aromatic rings. The van der Waals surface area contributed by atoms with Crippen LogP contribution in [0.3, 0.4) is 0 Å². The van der Waals surface area contributed by atoms with E-state index in [0.717, 1.165) is 33.6 Å². The Bertz CT molecular complexity index is 1210. The molecule has 0 N–H and O–H groups in total. The molecule has 1 aromatic heterocycles. The Kier molecular flexibility index (Phi) is 5.01. The zero-order valence-corrected chi connectivity index (χ0v) is 17.1. The molecule has 30 heavy (non-hydrogen) atoms. The number of hydrogen-bond acceptors (Lipinski definition) is 5. The second-order valence-corrected chi connectivity index (χ2v) is 7.78. The topological polar surface area (TPSA) is 85.5 Å². The molecule has 4 rings (SSSR count). The highest BCUT2D eigenvalue weighted by Crippen LogP contribution is 2.36. The summed E-state index contributed by atoms with van der Waals surface area (Å²) >= 11 is 0.897. The van der Waals surface area contributed by atoms with Crippen molar-refractivity contribution in [2.24, 2.45) is 0 Å². The number of hydrogen-bond donors (Lipinski definition) is 0. The number of aromatic nitrogens is 1. The van der Waals surface area contributed by atoms with Crippen LogP contribution in [0.1, 0.15) is 17.0 Å². The molecule has 0 saturated carbocycles. The van der Waals surface area contributed by atoms with Crippen LogP contribution in [0, 0.1) is 24.0 Å². The molecule has 1 aliphatic rings. The Balaban J connectivity index is 1.71. The van der Waals surface area contributed by atoms with Gasteiger partial charge in [-0.2, -0.15) is 0 Å². The van der Waals surface area contributed by atoms with Crippen LogP contribution in [-0.4, -0.2) is 20.6 Å². The molecule has 1 aliphatic heterocycles. The Morgan fingerprint density at radius 3 is 2.37 bits per heavy atom. The first kappa shape index (κ1) is 19.7. The largest absolute Gasteiger partial charge is 0.318 e. The van der Waals surface area contributed by atoms with Crippen LogP contribution in [0.2, 0.25) is 0 Å². The number of amides is 2. The van der Waals surface area contributed by atoms with Crippen molar-refractivity contribution in [3.05, 3.63) is 92.6 Å². The monoisotopic (exact) mass is 419 g/mol. The van der Waals surface area contributed by atoms with E-state index in [0.29, 0.717) is 16.3 Å². The fourth-order valence-electron chi connectivity index (χ4n) is 3.49. The molecule has 0 radical (unpaired) electrons. The minimum atomic E-state index is -0.432. The molecule has 8 heteroatoms. The third-order valence-electron chi connectivity index (χ3n) is 4.86. The van der Waals surface area contributed by atoms with Gasteiger partial charge < -0.3 is 4.57 Å². The van der Waals surface area contributed by atoms with Gasteiger partial charge in [0.15, 0.2) is 0 Å². The number of nitro groups is 1. The zero-order chi connectivity index (χ0) is 21.4. The maximum atomic E-state index is 12.8. The van der Waals surface area contributed by atoms with Crippen molar-refractivity contribution < 1.29 is 14.5 Å². The van der Waals surface area contributed by atoms with Gasteiger partial charge in [0.05, 0.1) is 21.2 Å². The van der Waals surface area contributed by atoms with Crippen LogP contribution in [0.25, 0.3) is 11.8 Å². The molecule has 0 bridgehead atoms. The summed E-state index contributed by atoms with van der Waals surface area (Å²) in [7, 11) is 0. The van der Waals surface area contributed by atoms with Crippen LogP contribution < -0.4 is 4.90 Å². The molecule has 2 heterocycles. The van der Waals surface area contributed by atoms with E-state index in [2.05, 4.69) is 0 Å². The summed E-state index contributed by atoms with van der Waals surface area (Å²) in [6, 6.07) is 17.1. The highest BCUT2D eigenvalue weighted by molar-refractivity contribution is 8.19. The van der Waals surface area contributed by atoms with Crippen LogP contribution in [0.15, 0.2) is 65.6 Å². The molecule has 1 saturated heterocycles. The van der Waals surface area contributed by atoms with Crippen molar-refractivity contribution in [2.45, 2.75) is 13.8 Å². The first-order chi connectivity index (χ1) is 14.4. The van der Waals surface area contributed by atoms with Gasteiger partial charge in [0.25, 0.3) is 16.8 Å². The predicted octanol–water partition coefficient (Wildman–Crippen LogP) is 5.24. The smallest absolute Gasteiger partial charge is 0.298 e. The maximum absolute atomic E-state index is 12.8. The second-order valence-electron chi connectivity index (χ2n) is 6.79. The van der Waals surface area contributed by atoms with Gasteiger partial charge in [-0.05, 0) is 61.5 Å². The number of para-hydroxylation sites is 1. The number of thioether (sulfide) groups is 1. The molecular weight excluding hydrogens is 402 g/mol. The molecular formula is C22H17N3O4S. The number of carbonyl (C=O) groups excluding carboxylic acids is 2. The number of carbonyl (C=O) groups is 2. The van der Waals surface area contributed by atoms with Crippen LogP contribution in [0.4, 0.5) is 16.2 Å². The maximum Gasteiger partial charge on any atom is 0.298 e. The third-order valence-corrected chi connectivity index (χ3v) is 5.73. The first-order valence-electron chi connectivity index (χ1n) is 9.13. The first-order valence-corrected chi connectivity index (χ1v) is 9.95. The standard InChI is InChI=1S/C22H17N3O4S/c1-14-11-16(15(2)23(14)18-9-6-10-19(13-18)25(28)29)12-20-21(26)24(22(27)30-20)17-7-4-3-5-8-17/h3-13H,1-2H3/b20-12-. The van der Waals surface area contributed by atoms with E-state index < -0.39 is 4.92 Å². The number of nitro benzene ring substituents is 1. The van der Waals surface area contributed by atoms with Gasteiger partial charge in [0.1, 0.15) is 0 Å². The van der Waals surface area contributed by atoms with Gasteiger partial charge in [-0.25, -0.2) is 4.90 Å². The van der Waals surface area contributed by atoms with Crippen LogP contribution in [0.5, 0.6) is 0 Å². The van der Waals surface area contributed by atoms with Crippen LogP contribution >= 0.6 is 11.8 Å². The lowest BCUT2D eigenvalue weighted by molar-refractivity contribution is -0.384. The van der Waals surface area contributed by atoms with Crippen LogP contribution in [-0.2, 0) is 4.79 Å². The van der Waals surface area contributed by atoms with E-state index in [-0.39, 0.29) is 16.8 Å². The van der Waals surface area contributed by atoms with Gasteiger partial charge in [-0.15, -0.1) is 0 Å². The fourth-order valence-corrected chi connectivity index (χ4v) is 4.32. The molecule has 150 valence electrons. The molecule has 0 spiro atoms. The van der Waals surface area contributed by atoms with Crippen molar-refractivity contribution in [2.75, 3.05) is 4.90 Å². The summed E-state index contributed by atoms with van der Waals surface area (Å²) in [6.07, 6.45) is 1.70. The number of benzene rings is 2. The lowest BCUT2D eigenvalue weighted by Crippen LogP contribution is -2.27. The molecule has 1 fully saturated rings. The van der Waals surface area contributed by atoms with Crippen molar-refractivity contribution in [1.82, 2.24) is 4.57 Å². The van der Waals surface area contributed by atoms with Crippen molar-refractivity contribution in [3.63, 3.8) is 0 Å². The molecule has 0 unspecified atom stereocenters. The third kappa shape index (κ3) is 3.42. The van der Waals surface area contributed by atoms with E-state index in [1.807, 2.05) is 30.5 Å². The number of rotatable bonds is 4. The van der Waals surface area contributed by atoms with Crippen molar-refractivity contribution >= 4 is 40.4 Å². The number of aryl methyl sites for hydroxylation is 1. The minimum absolute atomic E-state index is 0.00512. The Morgan fingerprint density at radius 2 is 1.67 bits per heavy atom. The summed E-state index contributed by atoms with van der Waals surface area (Å²) in [6.45, 7) is 3.76.